The maximum absolute atomic E-state index is 11.7. The standard InChI is InChI=1S/C14H19NO/c1-4-5-13(15)14(16)9-12-7-6-10(2)11(3)8-12/h4,6-8,13H,1,5,9,15H2,2-3H3. The highest BCUT2D eigenvalue weighted by Gasteiger charge is 2.12. The summed E-state index contributed by atoms with van der Waals surface area (Å²) in [6.07, 6.45) is 2.64. The Hall–Kier alpha value is -1.41. The Morgan fingerprint density at radius 2 is 2.12 bits per heavy atom. The van der Waals surface area contributed by atoms with Gasteiger partial charge in [0.15, 0.2) is 5.78 Å². The third kappa shape index (κ3) is 3.31. The predicted molar refractivity (Wildman–Crippen MR) is 67.4 cm³/mol. The van der Waals surface area contributed by atoms with E-state index in [9.17, 15) is 4.79 Å². The summed E-state index contributed by atoms with van der Waals surface area (Å²) in [5.41, 5.74) is 9.21. The average Bonchev–Trinajstić information content (AvgIpc) is 2.24. The first-order chi connectivity index (χ1) is 7.54. The van der Waals surface area contributed by atoms with Crippen LogP contribution in [0.5, 0.6) is 0 Å². The number of aryl methyl sites for hydroxylation is 2. The zero-order valence-electron chi connectivity index (χ0n) is 9.99. The van der Waals surface area contributed by atoms with Crippen LogP contribution in [0.25, 0.3) is 0 Å². The zero-order chi connectivity index (χ0) is 12.1. The Morgan fingerprint density at radius 1 is 1.44 bits per heavy atom. The second-order valence-electron chi connectivity index (χ2n) is 4.19. The van der Waals surface area contributed by atoms with E-state index in [0.29, 0.717) is 12.8 Å². The van der Waals surface area contributed by atoms with Crippen molar-refractivity contribution in [2.24, 2.45) is 5.73 Å². The zero-order valence-corrected chi connectivity index (χ0v) is 9.99. The number of Topliss-reactive ketones (excluding diaryl/α,β-unsaturated/α-hetero) is 1. The molecule has 1 unspecified atom stereocenters. The fourth-order valence-electron chi connectivity index (χ4n) is 1.56. The lowest BCUT2D eigenvalue weighted by molar-refractivity contribution is -0.119. The van der Waals surface area contributed by atoms with Crippen molar-refractivity contribution in [3.8, 4) is 0 Å². The van der Waals surface area contributed by atoms with Crippen LogP contribution in [0.15, 0.2) is 30.9 Å². The fourth-order valence-corrected chi connectivity index (χ4v) is 1.56. The van der Waals surface area contributed by atoms with Crippen molar-refractivity contribution in [1.82, 2.24) is 0 Å². The molecule has 2 N–H and O–H groups in total. The number of carbonyl (C=O) groups excluding carboxylic acids is 1. The maximum Gasteiger partial charge on any atom is 0.154 e. The molecule has 0 aromatic heterocycles. The SMILES string of the molecule is C=CCC(N)C(=O)Cc1ccc(C)c(C)c1. The minimum absolute atomic E-state index is 0.0724. The van der Waals surface area contributed by atoms with E-state index in [1.807, 2.05) is 25.1 Å². The van der Waals surface area contributed by atoms with Crippen molar-refractivity contribution in [3.05, 3.63) is 47.5 Å². The molecule has 0 fully saturated rings. The molecule has 1 atom stereocenters. The molecular weight excluding hydrogens is 198 g/mol. The van der Waals surface area contributed by atoms with E-state index < -0.39 is 6.04 Å². The van der Waals surface area contributed by atoms with Gasteiger partial charge in [-0.25, -0.2) is 0 Å². The number of hydrogen-bond acceptors (Lipinski definition) is 2. The lowest BCUT2D eigenvalue weighted by Crippen LogP contribution is -2.31. The highest BCUT2D eigenvalue weighted by molar-refractivity contribution is 5.86. The summed E-state index contributed by atoms with van der Waals surface area (Å²) in [6.45, 7) is 7.69. The first-order valence-corrected chi connectivity index (χ1v) is 5.50. The Bertz CT molecular complexity index is 396. The van der Waals surface area contributed by atoms with E-state index in [1.54, 1.807) is 6.08 Å². The van der Waals surface area contributed by atoms with Crippen LogP contribution in [0, 0.1) is 13.8 Å². The summed E-state index contributed by atoms with van der Waals surface area (Å²) in [4.78, 5) is 11.7. The van der Waals surface area contributed by atoms with Crippen molar-refractivity contribution in [2.45, 2.75) is 32.7 Å². The highest BCUT2D eigenvalue weighted by atomic mass is 16.1. The van der Waals surface area contributed by atoms with Crippen LogP contribution in [0.1, 0.15) is 23.1 Å². The quantitative estimate of drug-likeness (QED) is 0.769. The number of nitrogens with two attached hydrogens (primary N) is 1. The van der Waals surface area contributed by atoms with Gasteiger partial charge >= 0.3 is 0 Å². The molecule has 86 valence electrons. The van der Waals surface area contributed by atoms with E-state index in [0.717, 1.165) is 5.56 Å². The number of hydrogen-bond donors (Lipinski definition) is 1. The van der Waals surface area contributed by atoms with Crippen molar-refractivity contribution < 1.29 is 4.79 Å². The molecule has 0 aliphatic heterocycles. The number of benzene rings is 1. The molecule has 0 radical (unpaired) electrons. The van der Waals surface area contributed by atoms with Gasteiger partial charge in [0.05, 0.1) is 6.04 Å². The van der Waals surface area contributed by atoms with E-state index >= 15 is 0 Å². The first-order valence-electron chi connectivity index (χ1n) is 5.50. The summed E-state index contributed by atoms with van der Waals surface area (Å²) in [5, 5.41) is 0. The molecule has 0 bridgehead atoms. The van der Waals surface area contributed by atoms with Crippen LogP contribution in [-0.4, -0.2) is 11.8 Å². The normalized spacial score (nSPS) is 12.2. The van der Waals surface area contributed by atoms with Crippen LogP contribution in [0.4, 0.5) is 0 Å². The summed E-state index contributed by atoms with van der Waals surface area (Å²) in [7, 11) is 0. The van der Waals surface area contributed by atoms with Gasteiger partial charge in [0.25, 0.3) is 0 Å². The summed E-state index contributed by atoms with van der Waals surface area (Å²) >= 11 is 0. The number of rotatable bonds is 5. The van der Waals surface area contributed by atoms with E-state index in [4.69, 9.17) is 5.73 Å². The molecule has 2 heteroatoms. The van der Waals surface area contributed by atoms with Crippen LogP contribution < -0.4 is 5.73 Å². The van der Waals surface area contributed by atoms with Crippen LogP contribution in [0.2, 0.25) is 0 Å². The highest BCUT2D eigenvalue weighted by Crippen LogP contribution is 2.11. The van der Waals surface area contributed by atoms with Crippen LogP contribution in [0.3, 0.4) is 0 Å². The average molecular weight is 217 g/mol. The number of carbonyl (C=O) groups is 1. The van der Waals surface area contributed by atoms with Crippen LogP contribution in [-0.2, 0) is 11.2 Å². The fraction of sp³-hybridized carbons (Fsp3) is 0.357. The van der Waals surface area contributed by atoms with Gasteiger partial charge in [-0.05, 0) is 37.0 Å². The Morgan fingerprint density at radius 3 is 2.69 bits per heavy atom. The van der Waals surface area contributed by atoms with Crippen molar-refractivity contribution in [3.63, 3.8) is 0 Å². The molecule has 16 heavy (non-hydrogen) atoms. The maximum atomic E-state index is 11.7. The van der Waals surface area contributed by atoms with Gasteiger partial charge in [0.2, 0.25) is 0 Å². The summed E-state index contributed by atoms with van der Waals surface area (Å²) in [5.74, 6) is 0.0724. The van der Waals surface area contributed by atoms with Gasteiger partial charge in [-0.1, -0.05) is 24.3 Å². The molecule has 0 spiro atoms. The monoisotopic (exact) mass is 217 g/mol. The molecule has 1 rings (SSSR count). The first kappa shape index (κ1) is 12.7. The van der Waals surface area contributed by atoms with Crippen molar-refractivity contribution in [2.75, 3.05) is 0 Å². The molecule has 0 aliphatic rings. The van der Waals surface area contributed by atoms with Crippen LogP contribution >= 0.6 is 0 Å². The van der Waals surface area contributed by atoms with Crippen molar-refractivity contribution in [1.29, 1.82) is 0 Å². The van der Waals surface area contributed by atoms with E-state index in [-0.39, 0.29) is 5.78 Å². The lowest BCUT2D eigenvalue weighted by atomic mass is 9.99. The third-order valence-corrected chi connectivity index (χ3v) is 2.78. The lowest BCUT2D eigenvalue weighted by Gasteiger charge is -2.09. The molecular formula is C14H19NO. The summed E-state index contributed by atoms with van der Waals surface area (Å²) in [6, 6.07) is 5.66. The molecule has 0 heterocycles. The second-order valence-corrected chi connectivity index (χ2v) is 4.19. The van der Waals surface area contributed by atoms with Gasteiger partial charge in [0, 0.05) is 6.42 Å². The van der Waals surface area contributed by atoms with Gasteiger partial charge < -0.3 is 5.73 Å². The third-order valence-electron chi connectivity index (χ3n) is 2.78. The minimum Gasteiger partial charge on any atom is -0.321 e. The van der Waals surface area contributed by atoms with Crippen molar-refractivity contribution >= 4 is 5.78 Å². The largest absolute Gasteiger partial charge is 0.321 e. The molecule has 1 aromatic carbocycles. The van der Waals surface area contributed by atoms with Gasteiger partial charge in [-0.2, -0.15) is 0 Å². The molecule has 0 saturated heterocycles. The molecule has 0 saturated carbocycles. The second kappa shape index (κ2) is 5.61. The Labute approximate surface area is 97.2 Å². The molecule has 0 amide bonds. The molecule has 1 aromatic rings. The van der Waals surface area contributed by atoms with Gasteiger partial charge in [-0.15, -0.1) is 6.58 Å². The topological polar surface area (TPSA) is 43.1 Å². The van der Waals surface area contributed by atoms with E-state index in [1.165, 1.54) is 11.1 Å². The summed E-state index contributed by atoms with van der Waals surface area (Å²) < 4.78 is 0. The molecule has 2 nitrogen and oxygen atoms in total. The van der Waals surface area contributed by atoms with E-state index in [2.05, 4.69) is 13.5 Å². The predicted octanol–water partition coefficient (Wildman–Crippen LogP) is 2.32. The van der Waals surface area contributed by atoms with Gasteiger partial charge in [0.1, 0.15) is 0 Å². The Balaban J connectivity index is 2.69. The smallest absolute Gasteiger partial charge is 0.154 e. The van der Waals surface area contributed by atoms with Gasteiger partial charge in [-0.3, -0.25) is 4.79 Å². The Kier molecular flexibility index (Phi) is 4.44. The number of ketones is 1. The minimum atomic E-state index is -0.417. The molecule has 0 aliphatic carbocycles.